The van der Waals surface area contributed by atoms with Gasteiger partial charge in [0.2, 0.25) is 0 Å². The summed E-state index contributed by atoms with van der Waals surface area (Å²) in [4.78, 5) is 7.92. The van der Waals surface area contributed by atoms with E-state index in [1.54, 1.807) is 0 Å². The third-order valence-electron chi connectivity index (χ3n) is 2.15. The Balaban J connectivity index is 2.11. The smallest absolute Gasteiger partial charge is 0.111 e. The molecule has 82 valence electrons. The molecule has 5 nitrogen and oxygen atoms in total. The Morgan fingerprint density at radius 2 is 2.19 bits per heavy atom. The van der Waals surface area contributed by atoms with Crippen molar-refractivity contribution < 1.29 is 4.84 Å². The average molecular weight is 281 g/mol. The Labute approximate surface area is 101 Å². The summed E-state index contributed by atoms with van der Waals surface area (Å²) in [5.41, 5.74) is 12.9. The molecule has 0 fully saturated rings. The molecule has 0 aliphatic carbocycles. The zero-order valence-corrected chi connectivity index (χ0v) is 9.89. The summed E-state index contributed by atoms with van der Waals surface area (Å²) in [5, 5.41) is 3.46. The molecule has 0 bridgehead atoms. The minimum atomic E-state index is -0.199. The van der Waals surface area contributed by atoms with Crippen molar-refractivity contribution in [3.8, 4) is 0 Å². The zero-order chi connectivity index (χ0) is 11.4. The molecule has 6 heteroatoms. The highest BCUT2D eigenvalue weighted by Gasteiger charge is 2.16. The monoisotopic (exact) mass is 280 g/mol. The van der Waals surface area contributed by atoms with Gasteiger partial charge in [-0.1, -0.05) is 33.2 Å². The molecule has 1 N–H and O–H groups in total. The summed E-state index contributed by atoms with van der Waals surface area (Å²) >= 11 is 3.37. The van der Waals surface area contributed by atoms with Crippen molar-refractivity contribution in [1.29, 1.82) is 0 Å². The second kappa shape index (κ2) is 5.03. The lowest BCUT2D eigenvalue weighted by molar-refractivity contribution is 0.0568. The summed E-state index contributed by atoms with van der Waals surface area (Å²) in [6, 6.07) is 7.86. The number of hydrogen-bond acceptors (Lipinski definition) is 3. The third-order valence-corrected chi connectivity index (χ3v) is 2.68. The van der Waals surface area contributed by atoms with Crippen LogP contribution in [0.25, 0.3) is 16.1 Å². The van der Waals surface area contributed by atoms with Crippen LogP contribution in [-0.4, -0.2) is 12.6 Å². The second-order valence-electron chi connectivity index (χ2n) is 3.26. The van der Waals surface area contributed by atoms with Crippen molar-refractivity contribution in [2.45, 2.75) is 6.10 Å². The Morgan fingerprint density at radius 3 is 2.88 bits per heavy atom. The van der Waals surface area contributed by atoms with Crippen molar-refractivity contribution in [3.05, 3.63) is 50.8 Å². The number of rotatable bonds is 3. The van der Waals surface area contributed by atoms with Crippen molar-refractivity contribution in [3.63, 3.8) is 0 Å². The number of nitrogens with one attached hydrogen (secondary N) is 1. The van der Waals surface area contributed by atoms with E-state index in [1.165, 1.54) is 0 Å². The Hall–Kier alpha value is -1.49. The molecule has 1 aliphatic heterocycles. The molecule has 1 unspecified atom stereocenters. The zero-order valence-electron chi connectivity index (χ0n) is 8.30. The maximum atomic E-state index is 8.20. The van der Waals surface area contributed by atoms with Crippen LogP contribution in [-0.2, 0) is 4.84 Å². The lowest BCUT2D eigenvalue weighted by atomic mass is 10.1. The normalized spacial score (nSPS) is 18.6. The summed E-state index contributed by atoms with van der Waals surface area (Å²) in [6.45, 7) is 0.295. The molecule has 16 heavy (non-hydrogen) atoms. The van der Waals surface area contributed by atoms with E-state index in [0.29, 0.717) is 6.54 Å². The number of azide groups is 1. The van der Waals surface area contributed by atoms with Gasteiger partial charge in [0.1, 0.15) is 6.10 Å². The van der Waals surface area contributed by atoms with Crippen LogP contribution in [0.2, 0.25) is 0 Å². The van der Waals surface area contributed by atoms with Crippen LogP contribution in [0.3, 0.4) is 0 Å². The predicted octanol–water partition coefficient (Wildman–Crippen LogP) is 3.00. The van der Waals surface area contributed by atoms with E-state index >= 15 is 0 Å². The van der Waals surface area contributed by atoms with Gasteiger partial charge in [0, 0.05) is 9.38 Å². The van der Waals surface area contributed by atoms with Crippen LogP contribution in [0.4, 0.5) is 0 Å². The second-order valence-corrected chi connectivity index (χ2v) is 4.17. The minimum Gasteiger partial charge on any atom is -0.268 e. The van der Waals surface area contributed by atoms with Gasteiger partial charge in [0.25, 0.3) is 0 Å². The van der Waals surface area contributed by atoms with Crippen LogP contribution < -0.4 is 5.48 Å². The van der Waals surface area contributed by atoms with E-state index in [4.69, 9.17) is 10.4 Å². The van der Waals surface area contributed by atoms with Crippen LogP contribution in [0, 0.1) is 0 Å². The van der Waals surface area contributed by atoms with Gasteiger partial charge >= 0.3 is 0 Å². The van der Waals surface area contributed by atoms with Crippen LogP contribution in [0.5, 0.6) is 0 Å². The fourth-order valence-corrected chi connectivity index (χ4v) is 1.65. The topological polar surface area (TPSA) is 70.0 Å². The van der Waals surface area contributed by atoms with Gasteiger partial charge in [-0.05, 0) is 29.3 Å². The molecule has 1 heterocycles. The molecule has 1 aliphatic rings. The fourth-order valence-electron chi connectivity index (χ4n) is 1.38. The number of benzene rings is 1. The van der Waals surface area contributed by atoms with Crippen molar-refractivity contribution in [2.24, 2.45) is 5.11 Å². The molecule has 0 radical (unpaired) electrons. The third kappa shape index (κ3) is 2.55. The maximum absolute atomic E-state index is 8.20. The predicted molar refractivity (Wildman–Crippen MR) is 64.1 cm³/mol. The first-order chi connectivity index (χ1) is 7.79. The molecule has 0 aromatic heterocycles. The molecular weight excluding hydrogens is 272 g/mol. The Morgan fingerprint density at radius 1 is 1.44 bits per heavy atom. The van der Waals surface area contributed by atoms with Gasteiger partial charge in [0.05, 0.1) is 12.2 Å². The lowest BCUT2D eigenvalue weighted by Gasteiger charge is -2.03. The minimum absolute atomic E-state index is 0.199. The van der Waals surface area contributed by atoms with Gasteiger partial charge < -0.3 is 0 Å². The van der Waals surface area contributed by atoms with Gasteiger partial charge in [-0.3, -0.25) is 10.3 Å². The number of nitrogens with zero attached hydrogens (tertiary/aromatic N) is 3. The Bertz CT molecular complexity index is 450. The summed E-state index contributed by atoms with van der Waals surface area (Å²) in [7, 11) is 0. The molecule has 0 spiro atoms. The lowest BCUT2D eigenvalue weighted by Crippen LogP contribution is -2.14. The number of halogens is 1. The van der Waals surface area contributed by atoms with Crippen LogP contribution in [0.1, 0.15) is 5.56 Å². The van der Waals surface area contributed by atoms with Crippen LogP contribution in [0.15, 0.2) is 39.9 Å². The summed E-state index contributed by atoms with van der Waals surface area (Å²) < 4.78 is 1.03. The molecular formula is C10H9BrN4O. The van der Waals surface area contributed by atoms with Crippen LogP contribution >= 0.6 is 15.9 Å². The first kappa shape index (κ1) is 11.0. The fraction of sp³-hybridized carbons (Fsp3) is 0.200. The van der Waals surface area contributed by atoms with Crippen molar-refractivity contribution in [2.75, 3.05) is 6.54 Å². The molecule has 1 aromatic rings. The molecule has 0 saturated heterocycles. The van der Waals surface area contributed by atoms with Gasteiger partial charge in [-0.2, -0.15) is 0 Å². The summed E-state index contributed by atoms with van der Waals surface area (Å²) in [6.07, 6.45) is 1.70. The molecule has 1 aromatic carbocycles. The number of hydroxylamine groups is 1. The highest BCUT2D eigenvalue weighted by molar-refractivity contribution is 9.10. The van der Waals surface area contributed by atoms with E-state index < -0.39 is 0 Å². The van der Waals surface area contributed by atoms with Crippen molar-refractivity contribution >= 4 is 21.6 Å². The van der Waals surface area contributed by atoms with E-state index in [0.717, 1.165) is 15.7 Å². The first-order valence-corrected chi connectivity index (χ1v) is 5.49. The van der Waals surface area contributed by atoms with E-state index in [9.17, 15) is 0 Å². The molecule has 0 amide bonds. The first-order valence-electron chi connectivity index (χ1n) is 4.70. The quantitative estimate of drug-likeness (QED) is 0.525. The average Bonchev–Trinajstić information content (AvgIpc) is 2.76. The maximum Gasteiger partial charge on any atom is 0.111 e. The highest BCUT2D eigenvalue weighted by Crippen LogP contribution is 2.20. The number of hydrogen-bond donors (Lipinski definition) is 1. The van der Waals surface area contributed by atoms with E-state index in [2.05, 4.69) is 31.4 Å². The van der Waals surface area contributed by atoms with Crippen molar-refractivity contribution in [1.82, 2.24) is 5.48 Å². The Kier molecular flexibility index (Phi) is 3.46. The SMILES string of the molecule is [N-]=[N+]=NCC1C=C(c2ccc(Br)cc2)NO1. The largest absolute Gasteiger partial charge is 0.268 e. The highest BCUT2D eigenvalue weighted by atomic mass is 79.9. The van der Waals surface area contributed by atoms with Gasteiger partial charge in [-0.25, -0.2) is 0 Å². The molecule has 1 atom stereocenters. The standard InChI is InChI=1S/C10H9BrN4O/c11-8-3-1-7(2-4-8)10-5-9(16-14-10)6-13-15-12/h1-5,9,14H,6H2. The van der Waals surface area contributed by atoms with Gasteiger partial charge in [-0.15, -0.1) is 0 Å². The van der Waals surface area contributed by atoms with E-state index in [1.807, 2.05) is 30.3 Å². The van der Waals surface area contributed by atoms with E-state index in [-0.39, 0.29) is 6.10 Å². The summed E-state index contributed by atoms with van der Waals surface area (Å²) in [5.74, 6) is 0. The van der Waals surface area contributed by atoms with Gasteiger partial charge in [0.15, 0.2) is 0 Å². The molecule has 0 saturated carbocycles. The molecule has 2 rings (SSSR count).